The van der Waals surface area contributed by atoms with Gasteiger partial charge in [-0.2, -0.15) is 0 Å². The summed E-state index contributed by atoms with van der Waals surface area (Å²) in [4.78, 5) is 14.2. The number of carbonyl (C=O) groups is 1. The van der Waals surface area contributed by atoms with Crippen LogP contribution in [0.3, 0.4) is 0 Å². The van der Waals surface area contributed by atoms with Crippen molar-refractivity contribution in [2.75, 3.05) is 26.2 Å². The maximum absolute atomic E-state index is 12.9. The smallest absolute Gasteiger partial charge is 0.252 e. The zero-order chi connectivity index (χ0) is 14.3. The van der Waals surface area contributed by atoms with Crippen molar-refractivity contribution in [1.82, 2.24) is 10.2 Å². The Balaban J connectivity index is 2.47. The average Bonchev–Trinajstić information content (AvgIpc) is 2.37. The standard InChI is InChI=1S/C14H20BrFN2O/c1-3-8-18(4-2)9-7-17-14(19)12-6-5-11(16)10-13(12)15/h5-6,10H,3-4,7-9H2,1-2H3,(H,17,19). The molecule has 0 atom stereocenters. The minimum atomic E-state index is -0.358. The van der Waals surface area contributed by atoms with Crippen molar-refractivity contribution >= 4 is 21.8 Å². The number of amides is 1. The molecule has 106 valence electrons. The molecule has 3 nitrogen and oxygen atoms in total. The van der Waals surface area contributed by atoms with E-state index in [0.717, 1.165) is 26.1 Å². The Hall–Kier alpha value is -0.940. The highest BCUT2D eigenvalue weighted by atomic mass is 79.9. The Morgan fingerprint density at radius 3 is 2.68 bits per heavy atom. The van der Waals surface area contributed by atoms with Crippen molar-refractivity contribution in [1.29, 1.82) is 0 Å². The van der Waals surface area contributed by atoms with Gasteiger partial charge in [0.25, 0.3) is 5.91 Å². The molecule has 1 aromatic carbocycles. The molecule has 0 saturated carbocycles. The summed E-state index contributed by atoms with van der Waals surface area (Å²) in [5, 5.41) is 2.85. The van der Waals surface area contributed by atoms with Crippen LogP contribution in [-0.4, -0.2) is 37.0 Å². The fraction of sp³-hybridized carbons (Fsp3) is 0.500. The molecular formula is C14H20BrFN2O. The summed E-state index contributed by atoms with van der Waals surface area (Å²) in [5.74, 6) is -0.539. The zero-order valence-corrected chi connectivity index (χ0v) is 13.0. The van der Waals surface area contributed by atoms with Gasteiger partial charge in [-0.3, -0.25) is 4.79 Å². The highest BCUT2D eigenvalue weighted by Crippen LogP contribution is 2.17. The third-order valence-electron chi connectivity index (χ3n) is 2.88. The van der Waals surface area contributed by atoms with Gasteiger partial charge >= 0.3 is 0 Å². The van der Waals surface area contributed by atoms with Crippen molar-refractivity contribution in [3.8, 4) is 0 Å². The summed E-state index contributed by atoms with van der Waals surface area (Å²) in [5.41, 5.74) is 0.458. The van der Waals surface area contributed by atoms with Gasteiger partial charge in [-0.05, 0) is 53.6 Å². The molecule has 0 aliphatic rings. The second-order valence-electron chi connectivity index (χ2n) is 4.31. The lowest BCUT2D eigenvalue weighted by Gasteiger charge is -2.19. The first kappa shape index (κ1) is 16.1. The van der Waals surface area contributed by atoms with Gasteiger partial charge in [-0.1, -0.05) is 13.8 Å². The van der Waals surface area contributed by atoms with Gasteiger partial charge in [0.1, 0.15) is 5.82 Å². The van der Waals surface area contributed by atoms with E-state index in [4.69, 9.17) is 0 Å². The van der Waals surface area contributed by atoms with Crippen LogP contribution >= 0.6 is 15.9 Å². The summed E-state index contributed by atoms with van der Waals surface area (Å²) < 4.78 is 13.4. The maximum atomic E-state index is 12.9. The van der Waals surface area contributed by atoms with Crippen molar-refractivity contribution in [3.63, 3.8) is 0 Å². The molecule has 0 aromatic heterocycles. The van der Waals surface area contributed by atoms with Gasteiger partial charge in [-0.25, -0.2) is 4.39 Å². The molecule has 0 bridgehead atoms. The summed E-state index contributed by atoms with van der Waals surface area (Å²) in [7, 11) is 0. The normalized spacial score (nSPS) is 10.8. The molecule has 1 N–H and O–H groups in total. The topological polar surface area (TPSA) is 32.3 Å². The van der Waals surface area contributed by atoms with Crippen LogP contribution < -0.4 is 5.32 Å². The Labute approximate surface area is 122 Å². The van der Waals surface area contributed by atoms with Gasteiger partial charge in [0.05, 0.1) is 5.56 Å². The molecule has 5 heteroatoms. The second-order valence-corrected chi connectivity index (χ2v) is 5.17. The largest absolute Gasteiger partial charge is 0.351 e. The van der Waals surface area contributed by atoms with Crippen LogP contribution in [0.15, 0.2) is 22.7 Å². The number of nitrogens with zero attached hydrogens (tertiary/aromatic N) is 1. The first-order valence-corrected chi connectivity index (χ1v) is 7.33. The molecule has 1 amide bonds. The molecule has 19 heavy (non-hydrogen) atoms. The lowest BCUT2D eigenvalue weighted by atomic mass is 10.2. The van der Waals surface area contributed by atoms with E-state index in [1.807, 2.05) is 0 Å². The van der Waals surface area contributed by atoms with Gasteiger partial charge in [0.15, 0.2) is 0 Å². The summed E-state index contributed by atoms with van der Waals surface area (Å²) in [6, 6.07) is 4.07. The Morgan fingerprint density at radius 2 is 2.11 bits per heavy atom. The third kappa shape index (κ3) is 5.28. The van der Waals surface area contributed by atoms with E-state index in [-0.39, 0.29) is 11.7 Å². The minimum absolute atomic E-state index is 0.181. The first-order chi connectivity index (χ1) is 9.08. The Bertz CT molecular complexity index is 426. The third-order valence-corrected chi connectivity index (χ3v) is 3.53. The molecule has 0 heterocycles. The molecule has 0 radical (unpaired) electrons. The van der Waals surface area contributed by atoms with Crippen LogP contribution in [0.5, 0.6) is 0 Å². The number of halogens is 2. The van der Waals surface area contributed by atoms with Crippen molar-refractivity contribution in [2.45, 2.75) is 20.3 Å². The van der Waals surface area contributed by atoms with E-state index < -0.39 is 0 Å². The minimum Gasteiger partial charge on any atom is -0.351 e. The molecule has 0 saturated heterocycles. The van der Waals surface area contributed by atoms with E-state index in [1.54, 1.807) is 0 Å². The number of hydrogen-bond donors (Lipinski definition) is 1. The lowest BCUT2D eigenvalue weighted by molar-refractivity contribution is 0.0948. The van der Waals surface area contributed by atoms with Crippen LogP contribution in [0.1, 0.15) is 30.6 Å². The van der Waals surface area contributed by atoms with E-state index in [1.165, 1.54) is 18.2 Å². The van der Waals surface area contributed by atoms with Crippen LogP contribution in [0.4, 0.5) is 4.39 Å². The molecule has 0 aliphatic carbocycles. The Morgan fingerprint density at radius 1 is 1.37 bits per heavy atom. The second kappa shape index (κ2) is 8.27. The fourth-order valence-corrected chi connectivity index (χ4v) is 2.37. The summed E-state index contributed by atoms with van der Waals surface area (Å²) >= 11 is 3.20. The summed E-state index contributed by atoms with van der Waals surface area (Å²) in [6.45, 7) is 7.67. The van der Waals surface area contributed by atoms with Crippen LogP contribution in [0, 0.1) is 5.82 Å². The van der Waals surface area contributed by atoms with Gasteiger partial charge in [0.2, 0.25) is 0 Å². The molecule has 0 spiro atoms. The van der Waals surface area contributed by atoms with Crippen molar-refractivity contribution < 1.29 is 9.18 Å². The maximum Gasteiger partial charge on any atom is 0.252 e. The monoisotopic (exact) mass is 330 g/mol. The van der Waals surface area contributed by atoms with Crippen LogP contribution in [0.25, 0.3) is 0 Å². The van der Waals surface area contributed by atoms with E-state index >= 15 is 0 Å². The fourth-order valence-electron chi connectivity index (χ4n) is 1.84. The predicted octanol–water partition coefficient (Wildman–Crippen LogP) is 3.05. The Kier molecular flexibility index (Phi) is 7.02. The van der Waals surface area contributed by atoms with Gasteiger partial charge < -0.3 is 10.2 Å². The van der Waals surface area contributed by atoms with Gasteiger partial charge in [0, 0.05) is 17.6 Å². The van der Waals surface area contributed by atoms with Crippen molar-refractivity contribution in [3.05, 3.63) is 34.1 Å². The van der Waals surface area contributed by atoms with Gasteiger partial charge in [-0.15, -0.1) is 0 Å². The lowest BCUT2D eigenvalue weighted by Crippen LogP contribution is -2.35. The molecule has 0 aliphatic heterocycles. The number of carbonyl (C=O) groups excluding carboxylic acids is 1. The van der Waals surface area contributed by atoms with E-state index in [2.05, 4.69) is 40.0 Å². The average molecular weight is 331 g/mol. The molecule has 0 unspecified atom stereocenters. The molecule has 0 fully saturated rings. The highest BCUT2D eigenvalue weighted by Gasteiger charge is 2.10. The van der Waals surface area contributed by atoms with E-state index in [9.17, 15) is 9.18 Å². The summed E-state index contributed by atoms with van der Waals surface area (Å²) in [6.07, 6.45) is 1.10. The molecule has 1 aromatic rings. The first-order valence-electron chi connectivity index (χ1n) is 6.54. The van der Waals surface area contributed by atoms with E-state index in [0.29, 0.717) is 16.6 Å². The van der Waals surface area contributed by atoms with Crippen LogP contribution in [-0.2, 0) is 0 Å². The number of likely N-dealkylation sites (N-methyl/N-ethyl adjacent to an activating group) is 1. The predicted molar refractivity (Wildman–Crippen MR) is 78.8 cm³/mol. The number of rotatable bonds is 7. The quantitative estimate of drug-likeness (QED) is 0.833. The molecular weight excluding hydrogens is 311 g/mol. The number of benzene rings is 1. The van der Waals surface area contributed by atoms with Crippen molar-refractivity contribution in [2.24, 2.45) is 0 Å². The zero-order valence-electron chi connectivity index (χ0n) is 11.4. The highest BCUT2D eigenvalue weighted by molar-refractivity contribution is 9.10. The van der Waals surface area contributed by atoms with Crippen LogP contribution in [0.2, 0.25) is 0 Å². The number of hydrogen-bond acceptors (Lipinski definition) is 2. The number of nitrogens with one attached hydrogen (secondary N) is 1. The SMILES string of the molecule is CCCN(CC)CCNC(=O)c1ccc(F)cc1Br. The molecule has 1 rings (SSSR count).